The number of carboxylic acids is 3. The summed E-state index contributed by atoms with van der Waals surface area (Å²) in [5.41, 5.74) is 43.0. The number of hydrogen-bond donors (Lipinski definition) is 26. The fourth-order valence-electron chi connectivity index (χ4n) is 11.0. The third-order valence-corrected chi connectivity index (χ3v) is 19.2. The number of thioether (sulfide) groups is 1. The zero-order valence-electron chi connectivity index (χ0n) is 69.5. The molecule has 0 saturated carbocycles. The number of primary amides is 3. The first-order chi connectivity index (χ1) is 56.6. The molecule has 50 heteroatoms. The number of guanidine groups is 2. The molecule has 0 aliphatic carbocycles. The van der Waals surface area contributed by atoms with Crippen LogP contribution in [0.2, 0.25) is 0 Å². The number of carbonyl (C=O) groups excluding carboxylic acids is 18. The van der Waals surface area contributed by atoms with Gasteiger partial charge in [-0.05, 0) is 87.5 Å². The first-order valence-electron chi connectivity index (χ1n) is 38.9. The third-order valence-electron chi connectivity index (χ3n) is 18.5. The van der Waals surface area contributed by atoms with Crippen molar-refractivity contribution >= 4 is 148 Å². The van der Waals surface area contributed by atoms with Crippen molar-refractivity contribution in [2.75, 3.05) is 44.7 Å². The molecule has 0 fully saturated rings. The number of nitrogens with zero attached hydrogens (tertiary/aromatic N) is 2. The standard InChI is InChI=1S/C71H123N25O24S/c1-11-33(6)54(66(116)83-31-50(102)87-43(27-51(103)104)63(113)91-44(28-52(105)106)64(114)95-55(34(7)12-2)67(117)92-42(26-47(75)99)62(112)90-41(69(119)120)17-15-24-81-71(78)79)96-68(118)56(35(8)13-3)94-57(107)36(9)84-58(108)40(22-25-121-10)89-60(110)39(19-21-46(74)98)88-59(109)37(16-14-23-80-70(76)77)86-49(101)30-82-65(115)53(32(4)5)93-61(111)38(18-20-45(73)97)85-48(100)29-72/h32-44,53-56H,11-31,72H2,1-10H3,(H2,73,97)(H2,74,98)(H2,75,99)(H,82,115)(H,83,116)(H,84,108)(H,85,100)(H,86,101)(H,87,102)(H,88,109)(H,89,110)(H,90,112)(H,91,113)(H,92,117)(H,93,111)(H,94,107)(H,95,114)(H,96,118)(H,103,104)(H,105,106)(H,119,120)(H4,76,77,80)(H4,78,79,81)/t33-,34-,35-,36-,37-,38-,39-,40-,41-,42-,43-,44-,53-,54-,55-,56-/m0/s1. The van der Waals surface area contributed by atoms with Crippen molar-refractivity contribution in [1.82, 2.24) is 79.8 Å². The number of nitrogens with two attached hydrogens (primary N) is 8. The summed E-state index contributed by atoms with van der Waals surface area (Å²) < 4.78 is 0. The van der Waals surface area contributed by atoms with Gasteiger partial charge in [0.2, 0.25) is 106 Å². The largest absolute Gasteiger partial charge is 0.481 e. The third kappa shape index (κ3) is 43.8. The zero-order chi connectivity index (χ0) is 92.7. The minimum Gasteiger partial charge on any atom is -0.481 e. The fraction of sp³-hybridized carbons (Fsp3) is 0.676. The van der Waals surface area contributed by atoms with E-state index in [0.29, 0.717) is 0 Å². The highest BCUT2D eigenvalue weighted by Crippen LogP contribution is 2.16. The van der Waals surface area contributed by atoms with Gasteiger partial charge in [0, 0.05) is 25.9 Å². The predicted octanol–water partition coefficient (Wildman–Crippen LogP) is -10.4. The van der Waals surface area contributed by atoms with Gasteiger partial charge in [0.05, 0.1) is 38.9 Å². The van der Waals surface area contributed by atoms with E-state index in [2.05, 4.69) is 84.4 Å². The van der Waals surface area contributed by atoms with Crippen molar-refractivity contribution in [3.05, 3.63) is 0 Å². The molecule has 18 amide bonds. The summed E-state index contributed by atoms with van der Waals surface area (Å²) in [6, 6.07) is -21.1. The molecular weight excluding hydrogens is 1620 g/mol. The molecule has 0 aromatic heterocycles. The molecule has 0 saturated heterocycles. The Labute approximate surface area is 702 Å². The molecule has 121 heavy (non-hydrogen) atoms. The SMILES string of the molecule is CC[C@H](C)[C@H](NC(=O)[C@H](C)NC(=O)[C@H](CCSC)NC(=O)[C@H](CCC(N)=O)NC(=O)[C@H](CCCN=C(N)N)NC(=O)CNC(=O)[C@@H](NC(=O)[C@H](CCC(N)=O)NC(=O)CN)C(C)C)C(=O)N[C@H](C(=O)NCC(=O)N[C@@H](CC(=O)O)C(=O)N[C@@H](CC(=O)O)C(=O)N[C@H](C(=O)N[C@@H](CC(N)=O)C(=O)N[C@@H](CCCN=C(N)N)C(=O)O)[C@@H](C)CC)[C@@H](C)CC. The number of rotatable bonds is 61. The maximum Gasteiger partial charge on any atom is 0.326 e. The Kier molecular flexibility index (Phi) is 51.2. The second kappa shape index (κ2) is 57.0. The molecule has 49 nitrogen and oxygen atoms in total. The van der Waals surface area contributed by atoms with E-state index in [1.54, 1.807) is 54.7 Å². The van der Waals surface area contributed by atoms with Gasteiger partial charge in [-0.15, -0.1) is 0 Å². The predicted molar refractivity (Wildman–Crippen MR) is 435 cm³/mol. The van der Waals surface area contributed by atoms with Gasteiger partial charge in [-0.1, -0.05) is 74.7 Å². The van der Waals surface area contributed by atoms with E-state index in [1.165, 1.54) is 25.6 Å². The lowest BCUT2D eigenvalue weighted by Crippen LogP contribution is -2.61. The van der Waals surface area contributed by atoms with Gasteiger partial charge >= 0.3 is 17.9 Å². The normalized spacial score (nSPS) is 14.9. The quantitative estimate of drug-likeness (QED) is 0.0153. The molecular formula is C71H123N25O24S. The van der Waals surface area contributed by atoms with Crippen LogP contribution in [0.15, 0.2) is 9.98 Å². The second-order valence-corrected chi connectivity index (χ2v) is 29.8. The number of amides is 18. The Morgan fingerprint density at radius 1 is 0.339 bits per heavy atom. The molecule has 0 aromatic rings. The average molecular weight is 1740 g/mol. The Morgan fingerprint density at radius 3 is 1.07 bits per heavy atom. The van der Waals surface area contributed by atoms with Crippen molar-refractivity contribution < 1.29 is 116 Å². The summed E-state index contributed by atoms with van der Waals surface area (Å²) in [6.45, 7) is 11.3. The molecule has 0 unspecified atom stereocenters. The Balaban J connectivity index is 6.75. The number of carbonyl (C=O) groups is 21. The smallest absolute Gasteiger partial charge is 0.326 e. The molecule has 0 aliphatic heterocycles. The summed E-state index contributed by atoms with van der Waals surface area (Å²) in [5, 5.41) is 64.8. The summed E-state index contributed by atoms with van der Waals surface area (Å²) in [5.74, 6) is -27.0. The highest BCUT2D eigenvalue weighted by molar-refractivity contribution is 7.98. The van der Waals surface area contributed by atoms with Crippen molar-refractivity contribution in [3.8, 4) is 0 Å². The van der Waals surface area contributed by atoms with E-state index >= 15 is 0 Å². The maximum absolute atomic E-state index is 14.3. The van der Waals surface area contributed by atoms with Crippen LogP contribution in [0.1, 0.15) is 159 Å². The highest BCUT2D eigenvalue weighted by Gasteiger charge is 2.40. The van der Waals surface area contributed by atoms with Gasteiger partial charge in [-0.25, -0.2) is 4.79 Å². The molecule has 16 atom stereocenters. The van der Waals surface area contributed by atoms with Crippen LogP contribution in [0.4, 0.5) is 0 Å². The monoisotopic (exact) mass is 1740 g/mol. The lowest BCUT2D eigenvalue weighted by molar-refractivity contribution is -0.143. The molecule has 0 heterocycles. The van der Waals surface area contributed by atoms with E-state index in [1.807, 2.05) is 5.32 Å². The first-order valence-corrected chi connectivity index (χ1v) is 40.3. The fourth-order valence-corrected chi connectivity index (χ4v) is 11.5. The van der Waals surface area contributed by atoms with Gasteiger partial charge in [0.1, 0.15) is 78.5 Å². The van der Waals surface area contributed by atoms with Crippen LogP contribution in [-0.4, -0.2) is 275 Å². The Morgan fingerprint density at radius 2 is 0.653 bits per heavy atom. The lowest BCUT2D eigenvalue weighted by atomic mass is 9.94. The summed E-state index contributed by atoms with van der Waals surface area (Å²) >= 11 is 1.25. The van der Waals surface area contributed by atoms with E-state index in [0.717, 1.165) is 0 Å². The van der Waals surface area contributed by atoms with E-state index in [9.17, 15) is 116 Å². The Hall–Kier alpha value is -12.3. The van der Waals surface area contributed by atoms with Crippen LogP contribution >= 0.6 is 11.8 Å². The lowest BCUT2D eigenvalue weighted by Gasteiger charge is -2.30. The molecule has 0 rings (SSSR count). The van der Waals surface area contributed by atoms with E-state index in [-0.39, 0.29) is 95.0 Å². The molecule has 682 valence electrons. The van der Waals surface area contributed by atoms with Crippen LogP contribution in [0.3, 0.4) is 0 Å². The van der Waals surface area contributed by atoms with Gasteiger partial charge in [0.15, 0.2) is 11.9 Å². The molecule has 0 spiro atoms. The first kappa shape index (κ1) is 109. The van der Waals surface area contributed by atoms with Crippen LogP contribution in [0.5, 0.6) is 0 Å². The van der Waals surface area contributed by atoms with E-state index < -0.39 is 278 Å². The van der Waals surface area contributed by atoms with Gasteiger partial charge in [-0.2, -0.15) is 11.8 Å². The number of nitrogens with one attached hydrogen (secondary N) is 15. The van der Waals surface area contributed by atoms with Crippen molar-refractivity contribution in [3.63, 3.8) is 0 Å². The summed E-state index contributed by atoms with van der Waals surface area (Å²) in [4.78, 5) is 286. The minimum absolute atomic E-state index is 0.0274. The molecule has 0 radical (unpaired) electrons. The summed E-state index contributed by atoms with van der Waals surface area (Å²) in [6.07, 6.45) is -3.15. The van der Waals surface area contributed by atoms with Crippen LogP contribution in [0, 0.1) is 23.7 Å². The number of carboxylic acid groups (broad SMARTS) is 3. The highest BCUT2D eigenvalue weighted by atomic mass is 32.2. The van der Waals surface area contributed by atoms with Gasteiger partial charge < -0.3 is 141 Å². The second-order valence-electron chi connectivity index (χ2n) is 28.8. The molecule has 0 bridgehead atoms. The van der Waals surface area contributed by atoms with Crippen molar-refractivity contribution in [1.29, 1.82) is 0 Å². The number of aliphatic imine (C=N–C) groups is 2. The maximum atomic E-state index is 14.3. The molecule has 0 aromatic carbocycles. The topological polar surface area (TPSA) is 832 Å². The van der Waals surface area contributed by atoms with Crippen LogP contribution in [-0.2, 0) is 101 Å². The zero-order valence-corrected chi connectivity index (χ0v) is 70.3. The summed E-state index contributed by atoms with van der Waals surface area (Å²) in [7, 11) is 0. The van der Waals surface area contributed by atoms with Gasteiger partial charge in [0.25, 0.3) is 0 Å². The number of aliphatic carboxylic acids is 3. The van der Waals surface area contributed by atoms with Crippen molar-refractivity contribution in [2.24, 2.45) is 79.5 Å². The minimum atomic E-state index is -2.13. The molecule has 0 aliphatic rings. The Bertz CT molecular complexity index is 3680. The average Bonchev–Trinajstić information content (AvgIpc) is 0.861. The van der Waals surface area contributed by atoms with Crippen LogP contribution < -0.4 is 126 Å². The van der Waals surface area contributed by atoms with E-state index in [4.69, 9.17) is 45.9 Å². The van der Waals surface area contributed by atoms with Crippen molar-refractivity contribution in [2.45, 2.75) is 237 Å². The number of hydrogen-bond acceptors (Lipinski definition) is 25. The molecule has 34 N–H and O–H groups in total. The van der Waals surface area contributed by atoms with Crippen LogP contribution in [0.25, 0.3) is 0 Å². The van der Waals surface area contributed by atoms with Gasteiger partial charge in [-0.3, -0.25) is 106 Å².